The van der Waals surface area contributed by atoms with Gasteiger partial charge in [0.2, 0.25) is 5.91 Å². The molecule has 1 atom stereocenters. The van der Waals surface area contributed by atoms with Gasteiger partial charge in [-0.1, -0.05) is 12.1 Å². The summed E-state index contributed by atoms with van der Waals surface area (Å²) in [6.45, 7) is -0.0280. The Labute approximate surface area is 109 Å². The first-order valence-electron chi connectivity index (χ1n) is 5.53. The SMILES string of the molecule is COCNC(=O)C(Cc1cccc(F)c1)NC(=O)O. The molecule has 0 aromatic heterocycles. The van der Waals surface area contributed by atoms with Crippen LogP contribution in [0.5, 0.6) is 0 Å². The monoisotopic (exact) mass is 270 g/mol. The number of benzene rings is 1. The summed E-state index contributed by atoms with van der Waals surface area (Å²) in [5.74, 6) is -0.975. The molecule has 1 aromatic carbocycles. The van der Waals surface area contributed by atoms with Crippen molar-refractivity contribution in [2.24, 2.45) is 0 Å². The summed E-state index contributed by atoms with van der Waals surface area (Å²) in [4.78, 5) is 22.4. The molecule has 0 aliphatic rings. The quantitative estimate of drug-likeness (QED) is 0.665. The van der Waals surface area contributed by atoms with Gasteiger partial charge in [-0.3, -0.25) is 4.79 Å². The van der Waals surface area contributed by atoms with Crippen LogP contribution in [0, 0.1) is 5.82 Å². The first kappa shape index (κ1) is 14.9. The van der Waals surface area contributed by atoms with Gasteiger partial charge in [0.1, 0.15) is 18.6 Å². The zero-order valence-electron chi connectivity index (χ0n) is 10.4. The minimum atomic E-state index is -1.33. The van der Waals surface area contributed by atoms with E-state index in [4.69, 9.17) is 5.11 Å². The highest BCUT2D eigenvalue weighted by Crippen LogP contribution is 2.07. The van der Waals surface area contributed by atoms with Crippen molar-refractivity contribution >= 4 is 12.0 Å². The summed E-state index contributed by atoms with van der Waals surface area (Å²) in [5.41, 5.74) is 0.520. The molecule has 1 unspecified atom stereocenters. The number of carbonyl (C=O) groups excluding carboxylic acids is 1. The van der Waals surface area contributed by atoms with Crippen molar-refractivity contribution in [2.45, 2.75) is 12.5 Å². The van der Waals surface area contributed by atoms with Gasteiger partial charge in [-0.25, -0.2) is 9.18 Å². The number of hydrogen-bond donors (Lipinski definition) is 3. The average Bonchev–Trinajstić information content (AvgIpc) is 2.34. The Morgan fingerprint density at radius 2 is 2.21 bits per heavy atom. The van der Waals surface area contributed by atoms with Crippen LogP contribution in [0.3, 0.4) is 0 Å². The lowest BCUT2D eigenvalue weighted by atomic mass is 10.1. The van der Waals surface area contributed by atoms with Crippen LogP contribution in [0.25, 0.3) is 0 Å². The number of hydrogen-bond acceptors (Lipinski definition) is 3. The fourth-order valence-electron chi connectivity index (χ4n) is 1.52. The minimum Gasteiger partial charge on any atom is -0.465 e. The van der Waals surface area contributed by atoms with Crippen molar-refractivity contribution < 1.29 is 23.8 Å². The van der Waals surface area contributed by atoms with E-state index in [-0.39, 0.29) is 13.2 Å². The second-order valence-corrected chi connectivity index (χ2v) is 3.81. The molecule has 7 heteroatoms. The van der Waals surface area contributed by atoms with Crippen molar-refractivity contribution in [3.8, 4) is 0 Å². The molecule has 0 spiro atoms. The van der Waals surface area contributed by atoms with E-state index in [0.29, 0.717) is 5.56 Å². The molecule has 0 fully saturated rings. The summed E-state index contributed by atoms with van der Waals surface area (Å²) >= 11 is 0. The van der Waals surface area contributed by atoms with E-state index in [1.165, 1.54) is 25.3 Å². The maximum atomic E-state index is 13.0. The summed E-state index contributed by atoms with van der Waals surface area (Å²) in [6, 6.07) is 4.63. The Kier molecular flexibility index (Phi) is 5.74. The third-order valence-electron chi connectivity index (χ3n) is 2.33. The second-order valence-electron chi connectivity index (χ2n) is 3.81. The van der Waals surface area contributed by atoms with Crippen LogP contribution < -0.4 is 10.6 Å². The number of carbonyl (C=O) groups is 2. The third-order valence-corrected chi connectivity index (χ3v) is 2.33. The van der Waals surface area contributed by atoms with Crippen molar-refractivity contribution in [3.63, 3.8) is 0 Å². The molecule has 1 rings (SSSR count). The van der Waals surface area contributed by atoms with Crippen molar-refractivity contribution in [2.75, 3.05) is 13.8 Å². The van der Waals surface area contributed by atoms with Crippen LogP contribution in [0.2, 0.25) is 0 Å². The van der Waals surface area contributed by atoms with Gasteiger partial charge in [-0.2, -0.15) is 0 Å². The topological polar surface area (TPSA) is 87.7 Å². The van der Waals surface area contributed by atoms with Crippen LogP contribution in [-0.2, 0) is 16.0 Å². The zero-order chi connectivity index (χ0) is 14.3. The highest BCUT2D eigenvalue weighted by atomic mass is 19.1. The van der Waals surface area contributed by atoms with E-state index < -0.39 is 23.9 Å². The van der Waals surface area contributed by atoms with E-state index in [2.05, 4.69) is 15.4 Å². The molecule has 104 valence electrons. The van der Waals surface area contributed by atoms with Crippen LogP contribution in [0.15, 0.2) is 24.3 Å². The Morgan fingerprint density at radius 3 is 2.79 bits per heavy atom. The lowest BCUT2D eigenvalue weighted by Crippen LogP contribution is -2.48. The molecule has 3 N–H and O–H groups in total. The Bertz CT molecular complexity index is 453. The maximum Gasteiger partial charge on any atom is 0.405 e. The zero-order valence-corrected chi connectivity index (χ0v) is 10.4. The first-order valence-corrected chi connectivity index (χ1v) is 5.53. The molecule has 0 heterocycles. The van der Waals surface area contributed by atoms with Crippen molar-refractivity contribution in [1.82, 2.24) is 10.6 Å². The molecular formula is C12H15FN2O4. The van der Waals surface area contributed by atoms with Gasteiger partial charge in [0.25, 0.3) is 0 Å². The van der Waals surface area contributed by atoms with Crippen LogP contribution >= 0.6 is 0 Å². The number of rotatable bonds is 6. The number of methoxy groups -OCH3 is 1. The smallest absolute Gasteiger partial charge is 0.405 e. The molecule has 19 heavy (non-hydrogen) atoms. The van der Waals surface area contributed by atoms with E-state index in [9.17, 15) is 14.0 Å². The van der Waals surface area contributed by atoms with E-state index in [1.54, 1.807) is 6.07 Å². The molecule has 2 amide bonds. The number of halogens is 1. The molecule has 1 aromatic rings. The highest BCUT2D eigenvalue weighted by Gasteiger charge is 2.20. The summed E-state index contributed by atoms with van der Waals surface area (Å²) in [6.07, 6.45) is -1.27. The molecule has 0 saturated carbocycles. The fraction of sp³-hybridized carbons (Fsp3) is 0.333. The summed E-state index contributed by atoms with van der Waals surface area (Å²) in [7, 11) is 1.40. The van der Waals surface area contributed by atoms with E-state index in [1.807, 2.05) is 0 Å². The molecule has 0 radical (unpaired) electrons. The largest absolute Gasteiger partial charge is 0.465 e. The lowest BCUT2D eigenvalue weighted by Gasteiger charge is -2.16. The molecular weight excluding hydrogens is 255 g/mol. The van der Waals surface area contributed by atoms with Gasteiger partial charge < -0.3 is 20.5 Å². The second kappa shape index (κ2) is 7.32. The number of ether oxygens (including phenoxy) is 1. The average molecular weight is 270 g/mol. The van der Waals surface area contributed by atoms with Gasteiger partial charge in [0, 0.05) is 13.5 Å². The summed E-state index contributed by atoms with van der Waals surface area (Å²) < 4.78 is 17.7. The Balaban J connectivity index is 2.73. The standard InChI is InChI=1S/C12H15FN2O4/c1-19-7-14-11(16)10(15-12(17)18)6-8-3-2-4-9(13)5-8/h2-5,10,15H,6-7H2,1H3,(H,14,16)(H,17,18). The van der Waals surface area contributed by atoms with Crippen molar-refractivity contribution in [3.05, 3.63) is 35.6 Å². The molecule has 0 bridgehead atoms. The number of carboxylic acid groups (broad SMARTS) is 1. The Hall–Kier alpha value is -2.15. The number of nitrogens with one attached hydrogen (secondary N) is 2. The molecule has 6 nitrogen and oxygen atoms in total. The summed E-state index contributed by atoms with van der Waals surface area (Å²) in [5, 5.41) is 13.2. The fourth-order valence-corrected chi connectivity index (χ4v) is 1.52. The predicted octanol–water partition coefficient (Wildman–Crippen LogP) is 0.724. The molecule has 0 saturated heterocycles. The van der Waals surface area contributed by atoms with Crippen LogP contribution in [-0.4, -0.2) is 37.0 Å². The van der Waals surface area contributed by atoms with Gasteiger partial charge in [0.15, 0.2) is 0 Å². The third kappa shape index (κ3) is 5.35. The normalized spacial score (nSPS) is 11.7. The highest BCUT2D eigenvalue weighted by molar-refractivity contribution is 5.85. The van der Waals surface area contributed by atoms with Gasteiger partial charge >= 0.3 is 6.09 Å². The number of amides is 2. The van der Waals surface area contributed by atoms with Gasteiger partial charge in [-0.05, 0) is 17.7 Å². The van der Waals surface area contributed by atoms with E-state index >= 15 is 0 Å². The predicted molar refractivity (Wildman–Crippen MR) is 65.1 cm³/mol. The first-order chi connectivity index (χ1) is 9.02. The van der Waals surface area contributed by atoms with Gasteiger partial charge in [0.05, 0.1) is 0 Å². The molecule has 0 aliphatic carbocycles. The van der Waals surface area contributed by atoms with Crippen LogP contribution in [0.1, 0.15) is 5.56 Å². The molecule has 0 aliphatic heterocycles. The Morgan fingerprint density at radius 1 is 1.47 bits per heavy atom. The minimum absolute atomic E-state index is 0.0280. The lowest BCUT2D eigenvalue weighted by molar-refractivity contribution is -0.124. The van der Waals surface area contributed by atoms with Crippen LogP contribution in [0.4, 0.5) is 9.18 Å². The van der Waals surface area contributed by atoms with Crippen molar-refractivity contribution in [1.29, 1.82) is 0 Å². The van der Waals surface area contributed by atoms with Gasteiger partial charge in [-0.15, -0.1) is 0 Å². The van der Waals surface area contributed by atoms with E-state index in [0.717, 1.165) is 0 Å². The maximum absolute atomic E-state index is 13.0.